The van der Waals surface area contributed by atoms with Crippen LogP contribution in [-0.2, 0) is 35.2 Å². The van der Waals surface area contributed by atoms with Crippen LogP contribution in [0.2, 0.25) is 5.02 Å². The highest BCUT2D eigenvalue weighted by Crippen LogP contribution is 2.38. The number of rotatable bonds is 21. The van der Waals surface area contributed by atoms with Crippen molar-refractivity contribution in [3.8, 4) is 22.3 Å². The average molecular weight is 985 g/mol. The molecule has 2 saturated heterocycles. The van der Waals surface area contributed by atoms with E-state index in [2.05, 4.69) is 15.6 Å². The van der Waals surface area contributed by atoms with Crippen molar-refractivity contribution in [3.63, 3.8) is 0 Å². The summed E-state index contributed by atoms with van der Waals surface area (Å²) in [6.07, 6.45) is 3.78. The largest absolute Gasteiger partial charge is 0.494 e. The van der Waals surface area contributed by atoms with Crippen LogP contribution in [-0.4, -0.2) is 95.8 Å². The summed E-state index contributed by atoms with van der Waals surface area (Å²) in [7, 11) is 0. The summed E-state index contributed by atoms with van der Waals surface area (Å²) in [6, 6.07) is 20.9. The van der Waals surface area contributed by atoms with E-state index in [1.807, 2.05) is 109 Å². The summed E-state index contributed by atoms with van der Waals surface area (Å²) >= 11 is 13.6. The SMILES string of the molecule is Cc1ncsc1-c1ccc(CNC(=O)[C@@H]2C[C@@H](C)CN2C(=O)[C@@H](NC(=O)COCCCOCCCCCOc2ccc(N3C(=S)N(c4ccc(C#N)c(Cl)c4)C(=O)C3(C)C)cc2)C(C)(C)C)cc1. The highest BCUT2D eigenvalue weighted by Gasteiger charge is 2.50. The standard InChI is InChI=1S/C51H62ClN7O7S2/c1-33-26-42(46(61)54-29-35-12-14-36(15-13-35)44-34(2)55-32-68-44)57(30-33)47(62)45(50(3,4)5)56-43(60)31-65-24-11-23-64-22-9-8-10-25-66-40-20-18-38(19-21-40)59-49(67)58(48(63)51(59,6)7)39-17-16-37(28-53)41(52)27-39/h12-21,27,32-33,42,45H,8-11,22-26,29-31H2,1-7H3,(H,54,61)(H,56,60)/t33-,42+,45-/m1/s1. The van der Waals surface area contributed by atoms with Gasteiger partial charge in [-0.3, -0.25) is 24.1 Å². The van der Waals surface area contributed by atoms with E-state index in [0.717, 1.165) is 46.6 Å². The van der Waals surface area contributed by atoms with Crippen molar-refractivity contribution < 1.29 is 33.4 Å². The minimum absolute atomic E-state index is 0.131. The van der Waals surface area contributed by atoms with Crippen molar-refractivity contribution in [3.05, 3.63) is 94.1 Å². The summed E-state index contributed by atoms with van der Waals surface area (Å²) in [5.41, 5.74) is 4.86. The number of likely N-dealkylation sites (tertiary alicyclic amines) is 1. The molecule has 0 bridgehead atoms. The molecular formula is C51H62ClN7O7S2. The van der Waals surface area contributed by atoms with Crippen LogP contribution in [0.5, 0.6) is 5.75 Å². The van der Waals surface area contributed by atoms with Gasteiger partial charge in [-0.05, 0) is 130 Å². The van der Waals surface area contributed by atoms with Crippen molar-refractivity contribution in [2.75, 3.05) is 49.4 Å². The lowest BCUT2D eigenvalue weighted by Gasteiger charge is -2.35. The zero-order valence-corrected chi connectivity index (χ0v) is 42.3. The third-order valence-electron chi connectivity index (χ3n) is 12.0. The number of halogens is 1. The van der Waals surface area contributed by atoms with Crippen LogP contribution in [0.4, 0.5) is 11.4 Å². The molecule has 2 N–H and O–H groups in total. The van der Waals surface area contributed by atoms with Crippen LogP contribution in [0.25, 0.3) is 10.4 Å². The number of unbranched alkanes of at least 4 members (excludes halogenated alkanes) is 2. The van der Waals surface area contributed by atoms with E-state index in [1.165, 1.54) is 4.90 Å². The maximum Gasteiger partial charge on any atom is 0.259 e. The van der Waals surface area contributed by atoms with Crippen LogP contribution in [0.3, 0.4) is 0 Å². The molecule has 3 atom stereocenters. The highest BCUT2D eigenvalue weighted by atomic mass is 35.5. The number of thiazole rings is 1. The zero-order valence-electron chi connectivity index (χ0n) is 39.9. The Morgan fingerprint density at radius 3 is 2.31 bits per heavy atom. The van der Waals surface area contributed by atoms with Gasteiger partial charge in [0, 0.05) is 38.6 Å². The van der Waals surface area contributed by atoms with E-state index in [-0.39, 0.29) is 35.3 Å². The second-order valence-electron chi connectivity index (χ2n) is 18.9. The molecule has 0 unspecified atom stereocenters. The van der Waals surface area contributed by atoms with Gasteiger partial charge in [0.2, 0.25) is 17.7 Å². The predicted octanol–water partition coefficient (Wildman–Crippen LogP) is 8.62. The first-order valence-corrected chi connectivity index (χ1v) is 24.7. The number of ether oxygens (including phenoxy) is 3. The number of aromatic nitrogens is 1. The van der Waals surface area contributed by atoms with E-state index in [4.69, 9.17) is 38.0 Å². The fraction of sp³-hybridized carbons (Fsp3) is 0.471. The summed E-state index contributed by atoms with van der Waals surface area (Å²) in [5, 5.41) is 15.8. The first-order chi connectivity index (χ1) is 32.4. The summed E-state index contributed by atoms with van der Waals surface area (Å²) in [5.74, 6) is -0.243. The number of amides is 4. The van der Waals surface area contributed by atoms with Crippen molar-refractivity contribution in [1.82, 2.24) is 20.5 Å². The third-order valence-corrected chi connectivity index (χ3v) is 13.7. The molecule has 4 aromatic rings. The number of nitriles is 1. The predicted molar refractivity (Wildman–Crippen MR) is 270 cm³/mol. The van der Waals surface area contributed by atoms with Gasteiger partial charge in [0.25, 0.3) is 5.91 Å². The van der Waals surface area contributed by atoms with Gasteiger partial charge in [0.1, 0.15) is 36.0 Å². The van der Waals surface area contributed by atoms with E-state index >= 15 is 0 Å². The number of nitrogens with one attached hydrogen (secondary N) is 2. The molecule has 0 spiro atoms. The third kappa shape index (κ3) is 12.8. The minimum atomic E-state index is -0.954. The number of thiocarbonyl (C=S) groups is 1. The summed E-state index contributed by atoms with van der Waals surface area (Å²) in [4.78, 5) is 64.5. The molecule has 3 heterocycles. The minimum Gasteiger partial charge on any atom is -0.494 e. The van der Waals surface area contributed by atoms with Crippen molar-refractivity contribution in [2.45, 2.75) is 105 Å². The van der Waals surface area contributed by atoms with Crippen molar-refractivity contribution in [2.24, 2.45) is 11.3 Å². The molecule has 17 heteroatoms. The highest BCUT2D eigenvalue weighted by molar-refractivity contribution is 7.81. The van der Waals surface area contributed by atoms with E-state index in [9.17, 15) is 24.4 Å². The second kappa shape index (κ2) is 23.2. The smallest absolute Gasteiger partial charge is 0.259 e. The fourth-order valence-corrected chi connectivity index (χ4v) is 9.85. The topological polar surface area (TPSA) is 166 Å². The van der Waals surface area contributed by atoms with E-state index in [0.29, 0.717) is 74.5 Å². The molecule has 2 aliphatic rings. The number of anilines is 2. The Labute approximate surface area is 414 Å². The van der Waals surface area contributed by atoms with Crippen LogP contribution < -0.4 is 25.2 Å². The molecule has 4 amide bonds. The molecule has 2 aliphatic heterocycles. The Kier molecular flexibility index (Phi) is 17.8. The monoisotopic (exact) mass is 983 g/mol. The zero-order chi connectivity index (χ0) is 49.2. The molecule has 362 valence electrons. The Bertz CT molecular complexity index is 2470. The molecular weight excluding hydrogens is 922 g/mol. The number of benzene rings is 3. The van der Waals surface area contributed by atoms with Crippen LogP contribution in [0.1, 0.15) is 90.5 Å². The number of aryl methyl sites for hydroxylation is 1. The van der Waals surface area contributed by atoms with Crippen LogP contribution in [0, 0.1) is 29.6 Å². The number of hydrogen-bond donors (Lipinski definition) is 2. The summed E-state index contributed by atoms with van der Waals surface area (Å²) < 4.78 is 17.4. The summed E-state index contributed by atoms with van der Waals surface area (Å²) in [6.45, 7) is 15.9. The van der Waals surface area contributed by atoms with Crippen molar-refractivity contribution in [1.29, 1.82) is 5.26 Å². The van der Waals surface area contributed by atoms with Gasteiger partial charge in [-0.25, -0.2) is 4.98 Å². The lowest BCUT2D eigenvalue weighted by Crippen LogP contribution is -2.58. The molecule has 0 radical (unpaired) electrons. The fourth-order valence-electron chi connectivity index (χ4n) is 8.30. The van der Waals surface area contributed by atoms with Crippen LogP contribution >= 0.6 is 35.2 Å². The van der Waals surface area contributed by atoms with Gasteiger partial charge in [0.15, 0.2) is 5.11 Å². The molecule has 68 heavy (non-hydrogen) atoms. The number of nitrogens with zero attached hydrogens (tertiary/aromatic N) is 5. The van der Waals surface area contributed by atoms with E-state index < -0.39 is 28.9 Å². The maximum absolute atomic E-state index is 14.1. The average Bonchev–Trinajstić information content (AvgIpc) is 3.97. The Morgan fingerprint density at radius 1 is 0.971 bits per heavy atom. The molecule has 0 aliphatic carbocycles. The van der Waals surface area contributed by atoms with Crippen molar-refractivity contribution >= 4 is 75.3 Å². The first kappa shape index (κ1) is 51.9. The Balaban J connectivity index is 0.841. The number of hydrogen-bond acceptors (Lipinski definition) is 11. The van der Waals surface area contributed by atoms with Gasteiger partial charge in [0.05, 0.1) is 39.0 Å². The molecule has 3 aromatic carbocycles. The molecule has 14 nitrogen and oxygen atoms in total. The Hall–Kier alpha value is -5.44. The quantitative estimate of drug-likeness (QED) is 0.0607. The van der Waals surface area contributed by atoms with Gasteiger partial charge in [-0.2, -0.15) is 5.26 Å². The normalized spacial score (nSPS) is 17.3. The second-order valence-corrected chi connectivity index (χ2v) is 20.5. The molecule has 1 aromatic heterocycles. The number of carbonyl (C=O) groups is 4. The van der Waals surface area contributed by atoms with E-state index in [1.54, 1.807) is 39.3 Å². The van der Waals surface area contributed by atoms with Gasteiger partial charge in [-0.15, -0.1) is 11.3 Å². The lowest BCUT2D eigenvalue weighted by molar-refractivity contribution is -0.144. The first-order valence-electron chi connectivity index (χ1n) is 23.0. The lowest BCUT2D eigenvalue weighted by atomic mass is 9.85. The molecule has 6 rings (SSSR count). The van der Waals surface area contributed by atoms with Gasteiger partial charge in [-0.1, -0.05) is 63.6 Å². The molecule has 2 fully saturated rings. The Morgan fingerprint density at radius 2 is 1.65 bits per heavy atom. The maximum atomic E-state index is 14.1. The van der Waals surface area contributed by atoms with Gasteiger partial charge >= 0.3 is 0 Å². The molecule has 0 saturated carbocycles. The van der Waals surface area contributed by atoms with Crippen LogP contribution in [0.15, 0.2) is 72.2 Å². The van der Waals surface area contributed by atoms with Gasteiger partial charge < -0.3 is 34.6 Å². The number of carbonyl (C=O) groups excluding carboxylic acids is 4.